The quantitative estimate of drug-likeness (QED) is 0.848. The van der Waals surface area contributed by atoms with Crippen LogP contribution in [-0.2, 0) is 0 Å². The second kappa shape index (κ2) is 4.60. The molecule has 0 atom stereocenters. The number of hydrogen-bond acceptors (Lipinski definition) is 3. The van der Waals surface area contributed by atoms with E-state index in [4.69, 9.17) is 5.73 Å². The van der Waals surface area contributed by atoms with Crippen LogP contribution < -0.4 is 5.73 Å². The van der Waals surface area contributed by atoms with Gasteiger partial charge in [-0.3, -0.25) is 4.79 Å². The van der Waals surface area contributed by atoms with E-state index in [1.807, 2.05) is 13.8 Å². The highest BCUT2D eigenvalue weighted by molar-refractivity contribution is 5.91. The second-order valence-electron chi connectivity index (χ2n) is 4.31. The highest BCUT2D eigenvalue weighted by Crippen LogP contribution is 2.27. The van der Waals surface area contributed by atoms with Gasteiger partial charge in [-0.2, -0.15) is 5.10 Å². The number of aromatic nitrogens is 2. The van der Waals surface area contributed by atoms with Crippen LogP contribution in [0.3, 0.4) is 0 Å². The zero-order valence-corrected chi connectivity index (χ0v) is 10.2. The Kier molecular flexibility index (Phi) is 3.14. The lowest BCUT2D eigenvalue weighted by Crippen LogP contribution is -2.07. The molecule has 2 N–H and O–H groups in total. The molecule has 0 spiro atoms. The predicted octanol–water partition coefficient (Wildman–Crippen LogP) is 2.66. The number of nitrogen functional groups attached to an aromatic ring is 1. The molecule has 0 aliphatic rings. The molecule has 0 fully saturated rings. The molecule has 2 rings (SSSR count). The van der Waals surface area contributed by atoms with Crippen molar-refractivity contribution in [2.45, 2.75) is 19.9 Å². The highest BCUT2D eigenvalue weighted by atomic mass is 19.1. The van der Waals surface area contributed by atoms with E-state index in [1.165, 1.54) is 12.1 Å². The Morgan fingerprint density at radius 3 is 2.44 bits per heavy atom. The summed E-state index contributed by atoms with van der Waals surface area (Å²) in [5, 5.41) is 4.32. The Labute approximate surface area is 104 Å². The predicted molar refractivity (Wildman–Crippen MR) is 67.8 cm³/mol. The van der Waals surface area contributed by atoms with Gasteiger partial charge in [-0.15, -0.1) is 0 Å². The van der Waals surface area contributed by atoms with Crippen LogP contribution in [0.15, 0.2) is 24.3 Å². The Morgan fingerprint density at radius 1 is 1.33 bits per heavy atom. The number of anilines is 1. The molecule has 2 aromatic rings. The Hall–Kier alpha value is -2.17. The Morgan fingerprint density at radius 2 is 1.94 bits per heavy atom. The van der Waals surface area contributed by atoms with E-state index in [0.717, 1.165) is 0 Å². The largest absolute Gasteiger partial charge is 0.383 e. The molecule has 0 unspecified atom stereocenters. The van der Waals surface area contributed by atoms with Gasteiger partial charge in [0, 0.05) is 11.6 Å². The van der Waals surface area contributed by atoms with Crippen LogP contribution >= 0.6 is 0 Å². The van der Waals surface area contributed by atoms with Crippen molar-refractivity contribution in [1.29, 1.82) is 0 Å². The minimum Gasteiger partial charge on any atom is -0.383 e. The van der Waals surface area contributed by atoms with Gasteiger partial charge in [0.05, 0.1) is 5.56 Å². The van der Waals surface area contributed by atoms with E-state index in [0.29, 0.717) is 28.9 Å². The van der Waals surface area contributed by atoms with Crippen LogP contribution in [0.25, 0.3) is 11.3 Å². The van der Waals surface area contributed by atoms with Crippen molar-refractivity contribution >= 4 is 12.1 Å². The molecule has 1 heterocycles. The van der Waals surface area contributed by atoms with Crippen LogP contribution in [0.4, 0.5) is 10.2 Å². The smallest absolute Gasteiger partial charge is 0.156 e. The van der Waals surface area contributed by atoms with Gasteiger partial charge >= 0.3 is 0 Å². The molecule has 0 bridgehead atoms. The van der Waals surface area contributed by atoms with Crippen LogP contribution in [0.1, 0.15) is 30.2 Å². The van der Waals surface area contributed by atoms with Gasteiger partial charge in [0.2, 0.25) is 0 Å². The molecule has 0 radical (unpaired) electrons. The fraction of sp³-hybridized carbons (Fsp3) is 0.231. The van der Waals surface area contributed by atoms with Gasteiger partial charge in [-0.1, -0.05) is 0 Å². The van der Waals surface area contributed by atoms with E-state index in [2.05, 4.69) is 5.10 Å². The van der Waals surface area contributed by atoms with Gasteiger partial charge in [0.25, 0.3) is 0 Å². The average Bonchev–Trinajstić information content (AvgIpc) is 2.67. The van der Waals surface area contributed by atoms with E-state index >= 15 is 0 Å². The van der Waals surface area contributed by atoms with Crippen LogP contribution in [0, 0.1) is 5.82 Å². The molecule has 0 aliphatic carbocycles. The minimum atomic E-state index is -0.331. The van der Waals surface area contributed by atoms with Crippen molar-refractivity contribution in [3.8, 4) is 11.3 Å². The number of carbonyl (C=O) groups excluding carboxylic acids is 1. The molecule has 4 nitrogen and oxygen atoms in total. The molecule has 0 saturated carbocycles. The fourth-order valence-electron chi connectivity index (χ4n) is 1.79. The SMILES string of the molecule is CC(C)n1nc(-c2ccc(F)cc2)c(C=O)c1N. The van der Waals surface area contributed by atoms with Crippen molar-refractivity contribution in [2.24, 2.45) is 0 Å². The first-order valence-electron chi connectivity index (χ1n) is 5.63. The van der Waals surface area contributed by atoms with Crippen molar-refractivity contribution in [3.63, 3.8) is 0 Å². The van der Waals surface area contributed by atoms with Gasteiger partial charge in [-0.25, -0.2) is 9.07 Å². The summed E-state index contributed by atoms with van der Waals surface area (Å²) in [5.41, 5.74) is 7.37. The third-order valence-corrected chi connectivity index (χ3v) is 2.71. The molecule has 0 amide bonds. The summed E-state index contributed by atoms with van der Waals surface area (Å²) in [6, 6.07) is 5.87. The molecular formula is C13H14FN3O. The monoisotopic (exact) mass is 247 g/mol. The maximum absolute atomic E-state index is 12.9. The standard InChI is InChI=1S/C13H14FN3O/c1-8(2)17-13(15)11(7-18)12(16-17)9-3-5-10(14)6-4-9/h3-8H,15H2,1-2H3. The Balaban J connectivity index is 2.60. The van der Waals surface area contributed by atoms with Crippen LogP contribution in [0.5, 0.6) is 0 Å². The molecule has 1 aromatic carbocycles. The van der Waals surface area contributed by atoms with E-state index in [-0.39, 0.29) is 11.9 Å². The lowest BCUT2D eigenvalue weighted by molar-refractivity contribution is 0.112. The van der Waals surface area contributed by atoms with Gasteiger partial charge in [0.15, 0.2) is 6.29 Å². The van der Waals surface area contributed by atoms with Crippen molar-refractivity contribution < 1.29 is 9.18 Å². The summed E-state index contributed by atoms with van der Waals surface area (Å²) in [6.45, 7) is 3.85. The number of aldehydes is 1. The summed E-state index contributed by atoms with van der Waals surface area (Å²) in [6.07, 6.45) is 0.680. The molecule has 0 aliphatic heterocycles. The first-order valence-corrected chi connectivity index (χ1v) is 5.63. The summed E-state index contributed by atoms with van der Waals surface area (Å²) < 4.78 is 14.5. The number of benzene rings is 1. The lowest BCUT2D eigenvalue weighted by Gasteiger charge is -2.06. The summed E-state index contributed by atoms with van der Waals surface area (Å²) >= 11 is 0. The van der Waals surface area contributed by atoms with Crippen LogP contribution in [-0.4, -0.2) is 16.1 Å². The number of rotatable bonds is 3. The lowest BCUT2D eigenvalue weighted by atomic mass is 10.1. The second-order valence-corrected chi connectivity index (χ2v) is 4.31. The van der Waals surface area contributed by atoms with Crippen molar-refractivity contribution in [1.82, 2.24) is 9.78 Å². The number of hydrogen-bond donors (Lipinski definition) is 1. The van der Waals surface area contributed by atoms with Gasteiger partial charge < -0.3 is 5.73 Å². The average molecular weight is 247 g/mol. The van der Waals surface area contributed by atoms with Crippen LogP contribution in [0.2, 0.25) is 0 Å². The first-order chi connectivity index (χ1) is 8.54. The van der Waals surface area contributed by atoms with Crippen molar-refractivity contribution in [2.75, 3.05) is 5.73 Å². The molecular weight excluding hydrogens is 233 g/mol. The minimum absolute atomic E-state index is 0.0536. The van der Waals surface area contributed by atoms with Gasteiger partial charge in [0.1, 0.15) is 17.3 Å². The number of nitrogens with two attached hydrogens (primary N) is 1. The zero-order chi connectivity index (χ0) is 13.3. The van der Waals surface area contributed by atoms with E-state index < -0.39 is 0 Å². The molecule has 94 valence electrons. The zero-order valence-electron chi connectivity index (χ0n) is 10.2. The van der Waals surface area contributed by atoms with E-state index in [1.54, 1.807) is 16.8 Å². The third-order valence-electron chi connectivity index (χ3n) is 2.71. The van der Waals surface area contributed by atoms with E-state index in [9.17, 15) is 9.18 Å². The Bertz CT molecular complexity index is 573. The van der Waals surface area contributed by atoms with Crippen molar-refractivity contribution in [3.05, 3.63) is 35.6 Å². The first kappa shape index (κ1) is 12.3. The normalized spacial score (nSPS) is 10.9. The number of carbonyl (C=O) groups is 1. The topological polar surface area (TPSA) is 60.9 Å². The highest BCUT2D eigenvalue weighted by Gasteiger charge is 2.17. The molecule has 5 heteroatoms. The summed E-state index contributed by atoms with van der Waals surface area (Å²) in [5.74, 6) is 0.00184. The molecule has 0 saturated heterocycles. The maximum atomic E-state index is 12.9. The number of halogens is 1. The maximum Gasteiger partial charge on any atom is 0.156 e. The summed E-state index contributed by atoms with van der Waals surface area (Å²) in [7, 11) is 0. The summed E-state index contributed by atoms with van der Waals surface area (Å²) in [4.78, 5) is 11.1. The molecule has 1 aromatic heterocycles. The molecule has 18 heavy (non-hydrogen) atoms. The fourth-order valence-corrected chi connectivity index (χ4v) is 1.79. The van der Waals surface area contributed by atoms with Gasteiger partial charge in [-0.05, 0) is 38.1 Å². The number of nitrogens with zero attached hydrogens (tertiary/aromatic N) is 2. The third kappa shape index (κ3) is 1.99.